The Morgan fingerprint density at radius 1 is 1.19 bits per heavy atom. The molecular weight excluding hydrogens is 315 g/mol. The van der Waals surface area contributed by atoms with Crippen molar-refractivity contribution in [2.24, 2.45) is 0 Å². The summed E-state index contributed by atoms with van der Waals surface area (Å²) in [5.74, 6) is -0.312. The monoisotopic (exact) mass is 330 g/mol. The molecule has 0 N–H and O–H groups in total. The van der Waals surface area contributed by atoms with Gasteiger partial charge in [-0.25, -0.2) is 12.8 Å². The number of benzene rings is 1. The normalized spacial score (nSPS) is 11.8. The number of aryl methyl sites for hydroxylation is 1. The van der Waals surface area contributed by atoms with Crippen LogP contribution >= 0.6 is 10.7 Å². The third-order valence-corrected chi connectivity index (χ3v) is 4.66. The lowest BCUT2D eigenvalue weighted by molar-refractivity contribution is 0.605. The lowest BCUT2D eigenvalue weighted by Gasteiger charge is -2.07. The highest BCUT2D eigenvalue weighted by molar-refractivity contribution is 8.13. The van der Waals surface area contributed by atoms with Crippen LogP contribution in [0.1, 0.15) is 30.8 Å². The van der Waals surface area contributed by atoms with Crippen molar-refractivity contribution in [2.45, 2.75) is 38.1 Å². The highest BCUT2D eigenvalue weighted by atomic mass is 35.7. The van der Waals surface area contributed by atoms with Crippen molar-refractivity contribution in [3.05, 3.63) is 47.0 Å². The van der Waals surface area contributed by atoms with Gasteiger partial charge in [-0.1, -0.05) is 26.0 Å². The van der Waals surface area contributed by atoms with Crippen LogP contribution in [0.3, 0.4) is 0 Å². The van der Waals surface area contributed by atoms with Crippen molar-refractivity contribution in [2.75, 3.05) is 0 Å². The zero-order valence-electron chi connectivity index (χ0n) is 11.8. The number of aromatic nitrogens is 2. The van der Waals surface area contributed by atoms with E-state index in [9.17, 15) is 12.8 Å². The van der Waals surface area contributed by atoms with E-state index in [2.05, 4.69) is 5.10 Å². The fraction of sp³-hybridized carbons (Fsp3) is 0.357. The molecule has 0 fully saturated rings. The van der Waals surface area contributed by atoms with E-state index in [1.807, 2.05) is 13.8 Å². The molecule has 0 spiro atoms. The lowest BCUT2D eigenvalue weighted by Crippen LogP contribution is -2.07. The highest BCUT2D eigenvalue weighted by Crippen LogP contribution is 2.26. The predicted molar refractivity (Wildman–Crippen MR) is 79.5 cm³/mol. The molecule has 114 valence electrons. The van der Waals surface area contributed by atoms with E-state index in [4.69, 9.17) is 10.7 Å². The van der Waals surface area contributed by atoms with Crippen LogP contribution in [0.2, 0.25) is 0 Å². The summed E-state index contributed by atoms with van der Waals surface area (Å²) < 4.78 is 38.1. The van der Waals surface area contributed by atoms with E-state index in [0.717, 1.165) is 5.56 Å². The summed E-state index contributed by atoms with van der Waals surface area (Å²) in [6.07, 6.45) is 0.972. The van der Waals surface area contributed by atoms with Crippen LogP contribution in [0.5, 0.6) is 0 Å². The van der Waals surface area contributed by atoms with Crippen molar-refractivity contribution in [3.63, 3.8) is 0 Å². The van der Waals surface area contributed by atoms with Gasteiger partial charge in [0.15, 0.2) is 0 Å². The zero-order valence-corrected chi connectivity index (χ0v) is 13.4. The second-order valence-corrected chi connectivity index (χ2v) is 7.15. The molecule has 2 aromatic rings. The van der Waals surface area contributed by atoms with E-state index >= 15 is 0 Å². The van der Waals surface area contributed by atoms with E-state index in [-0.39, 0.29) is 10.7 Å². The third-order valence-electron chi connectivity index (χ3n) is 3.24. The number of hydrogen-bond donors (Lipinski definition) is 0. The van der Waals surface area contributed by atoms with E-state index in [0.29, 0.717) is 30.8 Å². The zero-order chi connectivity index (χ0) is 15.6. The molecule has 1 aromatic carbocycles. The largest absolute Gasteiger partial charge is 0.264 e. The summed E-state index contributed by atoms with van der Waals surface area (Å²) in [7, 11) is 1.70. The van der Waals surface area contributed by atoms with Crippen LogP contribution in [0.4, 0.5) is 4.39 Å². The van der Waals surface area contributed by atoms with Gasteiger partial charge in [-0.2, -0.15) is 5.10 Å². The van der Waals surface area contributed by atoms with Crippen molar-refractivity contribution in [3.8, 4) is 0 Å². The van der Waals surface area contributed by atoms with Crippen molar-refractivity contribution in [1.82, 2.24) is 9.78 Å². The Balaban J connectivity index is 2.49. The molecule has 21 heavy (non-hydrogen) atoms. The molecule has 0 unspecified atom stereocenters. The molecule has 1 aromatic heterocycles. The molecule has 0 atom stereocenters. The topological polar surface area (TPSA) is 52.0 Å². The van der Waals surface area contributed by atoms with Crippen molar-refractivity contribution < 1.29 is 12.8 Å². The van der Waals surface area contributed by atoms with Crippen LogP contribution in [-0.4, -0.2) is 18.2 Å². The molecule has 0 aliphatic rings. The molecule has 0 amide bonds. The Kier molecular flexibility index (Phi) is 4.68. The standard InChI is InChI=1S/C14H16ClFN2O2S/c1-3-12-14(21(15,19)20)13(4-2)18(17-12)9-10-5-7-11(16)8-6-10/h5-8H,3-4,9H2,1-2H3. The fourth-order valence-electron chi connectivity index (χ4n) is 2.28. The predicted octanol–water partition coefficient (Wildman–Crippen LogP) is 3.12. The Morgan fingerprint density at radius 2 is 1.81 bits per heavy atom. The smallest absolute Gasteiger partial charge is 0.263 e. The minimum absolute atomic E-state index is 0.108. The minimum atomic E-state index is -3.84. The highest BCUT2D eigenvalue weighted by Gasteiger charge is 2.25. The molecule has 7 heteroatoms. The first-order valence-corrected chi connectivity index (χ1v) is 8.95. The maximum atomic E-state index is 12.9. The summed E-state index contributed by atoms with van der Waals surface area (Å²) in [5.41, 5.74) is 1.88. The molecule has 0 radical (unpaired) electrons. The van der Waals surface area contributed by atoms with Crippen LogP contribution in [0.25, 0.3) is 0 Å². The lowest BCUT2D eigenvalue weighted by atomic mass is 10.2. The summed E-state index contributed by atoms with van der Waals surface area (Å²) >= 11 is 0. The van der Waals surface area contributed by atoms with Crippen LogP contribution in [0.15, 0.2) is 29.2 Å². The Hall–Kier alpha value is -1.40. The maximum absolute atomic E-state index is 12.9. The first-order valence-electron chi connectivity index (χ1n) is 6.64. The van der Waals surface area contributed by atoms with Gasteiger partial charge < -0.3 is 0 Å². The number of nitrogens with zero attached hydrogens (tertiary/aromatic N) is 2. The first-order chi connectivity index (χ1) is 9.86. The molecule has 1 heterocycles. The second-order valence-electron chi connectivity index (χ2n) is 4.65. The van der Waals surface area contributed by atoms with Crippen LogP contribution in [0, 0.1) is 5.82 Å². The Morgan fingerprint density at radius 3 is 2.29 bits per heavy atom. The van der Waals surface area contributed by atoms with Gasteiger partial charge >= 0.3 is 0 Å². The fourth-order valence-corrected chi connectivity index (χ4v) is 3.82. The van der Waals surface area contributed by atoms with E-state index < -0.39 is 9.05 Å². The molecule has 0 saturated carbocycles. The molecule has 0 saturated heterocycles. The summed E-state index contributed by atoms with van der Waals surface area (Å²) in [5, 5.41) is 4.34. The molecule has 4 nitrogen and oxygen atoms in total. The van der Waals surface area contributed by atoms with Gasteiger partial charge in [0.05, 0.1) is 17.9 Å². The molecule has 2 rings (SSSR count). The number of hydrogen-bond acceptors (Lipinski definition) is 3. The molecule has 0 aliphatic heterocycles. The number of rotatable bonds is 5. The SMILES string of the molecule is CCc1nn(Cc2ccc(F)cc2)c(CC)c1S(=O)(=O)Cl. The van der Waals surface area contributed by atoms with Gasteiger partial charge in [0.25, 0.3) is 9.05 Å². The van der Waals surface area contributed by atoms with Gasteiger partial charge in [-0.3, -0.25) is 4.68 Å². The number of halogens is 2. The van der Waals surface area contributed by atoms with Gasteiger partial charge in [0.1, 0.15) is 10.7 Å². The Bertz CT molecular complexity index is 739. The maximum Gasteiger partial charge on any atom is 0.264 e. The third kappa shape index (κ3) is 3.44. The Labute approximate surface area is 128 Å². The van der Waals surface area contributed by atoms with Crippen molar-refractivity contribution >= 4 is 19.7 Å². The summed E-state index contributed by atoms with van der Waals surface area (Å²) in [4.78, 5) is 0.108. The second kappa shape index (κ2) is 6.15. The quantitative estimate of drug-likeness (QED) is 0.791. The van der Waals surface area contributed by atoms with Gasteiger partial charge in [0.2, 0.25) is 0 Å². The van der Waals surface area contributed by atoms with Crippen LogP contribution < -0.4 is 0 Å². The van der Waals surface area contributed by atoms with Crippen molar-refractivity contribution in [1.29, 1.82) is 0 Å². The summed E-state index contributed by atoms with van der Waals surface area (Å²) in [6.45, 7) is 4.06. The van der Waals surface area contributed by atoms with E-state index in [1.54, 1.807) is 16.8 Å². The molecule has 0 bridgehead atoms. The van der Waals surface area contributed by atoms with Crippen LogP contribution in [-0.2, 0) is 28.4 Å². The average molecular weight is 331 g/mol. The first kappa shape index (κ1) is 16.0. The molecule has 0 aliphatic carbocycles. The van der Waals surface area contributed by atoms with E-state index in [1.165, 1.54) is 12.1 Å². The summed E-state index contributed by atoms with van der Waals surface area (Å²) in [6, 6.07) is 6.03. The minimum Gasteiger partial charge on any atom is -0.263 e. The average Bonchev–Trinajstić information content (AvgIpc) is 2.79. The van der Waals surface area contributed by atoms with Gasteiger partial charge in [-0.15, -0.1) is 0 Å². The van der Waals surface area contributed by atoms with Gasteiger partial charge in [-0.05, 0) is 30.5 Å². The molecular formula is C14H16ClFN2O2S. The van der Waals surface area contributed by atoms with Gasteiger partial charge in [0, 0.05) is 10.7 Å².